The molecule has 8 nitrogen and oxygen atoms in total. The van der Waals surface area contributed by atoms with E-state index in [1.807, 2.05) is 30.3 Å². The Morgan fingerprint density at radius 1 is 0.173 bits per heavy atom. The van der Waals surface area contributed by atoms with Crippen molar-refractivity contribution in [2.24, 2.45) is 0 Å². The molecule has 10 heteroatoms. The van der Waals surface area contributed by atoms with Gasteiger partial charge in [0.05, 0.1) is 45.6 Å². The van der Waals surface area contributed by atoms with Crippen LogP contribution in [0, 0.1) is 0 Å². The summed E-state index contributed by atoms with van der Waals surface area (Å²) in [5.41, 5.74) is 29.9. The Morgan fingerprint density at radius 2 is 0.367 bits per heavy atom. The van der Waals surface area contributed by atoms with Crippen molar-refractivity contribution < 1.29 is 39.0 Å². The third kappa shape index (κ3) is 11.1. The van der Waals surface area contributed by atoms with Gasteiger partial charge in [0.1, 0.15) is 0 Å². The van der Waals surface area contributed by atoms with E-state index in [4.69, 9.17) is 39.9 Å². The van der Waals surface area contributed by atoms with Gasteiger partial charge in [0.25, 0.3) is 0 Å². The van der Waals surface area contributed by atoms with E-state index in [-0.39, 0.29) is 39.0 Å². The third-order valence-corrected chi connectivity index (χ3v) is 18.2. The van der Waals surface area contributed by atoms with Gasteiger partial charge in [-0.15, -0.1) is 44.1 Å². The SMILES string of the molecule is C1=Cc2nc1c(-c1ccccc1)c1ccc([n-]1)c(-c1ccccc1)c1nc(c(-c3ccc(-c4cc5[n-]c4c(-c4ccccc4)c4nc(c(-c6ccccc6)c6ccc([n-]6)c(-c6ccccc6)c6nc(c5-c5ccccc5)C=C6)C=C4)cc3)c3ccc([n-]3)c2-c2ccccc2)C=C1.[Zn+2].[Zn+2]. The minimum Gasteiger partial charge on any atom is -0.657 e. The van der Waals surface area contributed by atoms with Crippen LogP contribution in [0.25, 0.3) is 193 Å². The summed E-state index contributed by atoms with van der Waals surface area (Å²) in [6.45, 7) is 0. The molecule has 0 spiro atoms. The smallest absolute Gasteiger partial charge is 0.657 e. The first-order valence-electron chi connectivity index (χ1n) is 32.2. The van der Waals surface area contributed by atoms with E-state index in [0.717, 1.165) is 190 Å². The number of fused-ring (bicyclic) bond motifs is 16. The van der Waals surface area contributed by atoms with Gasteiger partial charge in [0.15, 0.2) is 0 Å². The number of aromatic nitrogens is 8. The summed E-state index contributed by atoms with van der Waals surface area (Å²) in [6.07, 6.45) is 17.0. The normalized spacial score (nSPS) is 12.0. The summed E-state index contributed by atoms with van der Waals surface area (Å²) in [4.78, 5) is 44.8. The van der Waals surface area contributed by atoms with E-state index in [2.05, 4.69) is 297 Å². The van der Waals surface area contributed by atoms with Crippen molar-refractivity contribution in [1.29, 1.82) is 0 Å². The van der Waals surface area contributed by atoms with E-state index < -0.39 is 0 Å². The fraction of sp³-hybridized carbons (Fsp3) is 0. The van der Waals surface area contributed by atoms with Crippen molar-refractivity contribution in [3.05, 3.63) is 325 Å². The van der Waals surface area contributed by atoms with Crippen molar-refractivity contribution in [2.75, 3.05) is 0 Å². The number of rotatable bonds is 9. The molecule has 0 atom stereocenters. The van der Waals surface area contributed by atoms with Crippen LogP contribution in [0.4, 0.5) is 0 Å². The van der Waals surface area contributed by atoms with Gasteiger partial charge in [-0.05, 0) is 149 Å². The Hall–Kier alpha value is -11.8. The molecular weight excluding hydrogens is 1300 g/mol. The van der Waals surface area contributed by atoms with Gasteiger partial charge in [-0.1, -0.05) is 279 Å². The predicted molar refractivity (Wildman–Crippen MR) is 396 cm³/mol. The largest absolute Gasteiger partial charge is 2.00 e. The van der Waals surface area contributed by atoms with Gasteiger partial charge in [-0.3, -0.25) is 0 Å². The van der Waals surface area contributed by atoms with Gasteiger partial charge >= 0.3 is 39.0 Å². The van der Waals surface area contributed by atoms with Crippen LogP contribution in [0.2, 0.25) is 0 Å². The molecule has 16 bridgehead atoms. The van der Waals surface area contributed by atoms with Crippen LogP contribution in [0.3, 0.4) is 0 Å². The Morgan fingerprint density at radius 3 is 0.612 bits per heavy atom. The molecule has 0 aliphatic carbocycles. The molecule has 6 aromatic heterocycles. The maximum atomic E-state index is 5.85. The topological polar surface area (TPSA) is 108 Å². The molecule has 98 heavy (non-hydrogen) atoms. The monoisotopic (exact) mass is 1350 g/mol. The molecule has 0 fully saturated rings. The molecule has 0 saturated carbocycles. The van der Waals surface area contributed by atoms with Gasteiger partial charge in [-0.2, -0.15) is 0 Å². The minimum atomic E-state index is 0. The van der Waals surface area contributed by atoms with Gasteiger partial charge in [0, 0.05) is 0 Å². The van der Waals surface area contributed by atoms with Crippen molar-refractivity contribution in [3.8, 4) is 100 Å². The second-order valence-corrected chi connectivity index (χ2v) is 24.1. The van der Waals surface area contributed by atoms with Gasteiger partial charge < -0.3 is 19.9 Å². The maximum absolute atomic E-state index is 5.85. The molecular formula is C88H54N8Zn2. The van der Waals surface area contributed by atoms with Crippen LogP contribution in [0.1, 0.15) is 45.6 Å². The Kier molecular flexibility index (Phi) is 16.3. The summed E-state index contributed by atoms with van der Waals surface area (Å²) in [7, 11) is 0. The van der Waals surface area contributed by atoms with Crippen LogP contribution in [-0.2, 0) is 39.0 Å². The van der Waals surface area contributed by atoms with Crippen LogP contribution in [-0.4, -0.2) is 19.9 Å². The van der Waals surface area contributed by atoms with Crippen LogP contribution < -0.4 is 19.9 Å². The summed E-state index contributed by atoms with van der Waals surface area (Å²) in [6, 6.07) is 97.0. The molecule has 0 unspecified atom stereocenters. The Labute approximate surface area is 591 Å². The standard InChI is InChI=1S/C88H54N8.2Zn/c1-8-22-56(23-9-1)80-65-40-42-67(89-65)81(57-24-10-2-11-25-57)70-46-48-75(92-70)85(76-49-47-71(93-76)82(58-26-12-3-13-27-58)68-43-41-66(80)90-68)63-38-36-55(37-39-63)64-54-79-86(61-32-18-6-19-33-61)77-51-50-73(94-77)83(59-28-14-4-15-29-59)69-44-45-72(91-69)84(60-30-16-5-17-31-60)74-52-53-78(95-74)87(88(64)96-79)62-34-20-7-21-35-62;;/h1-54H;;/q-4;2*+2. The van der Waals surface area contributed by atoms with Crippen molar-refractivity contribution in [2.45, 2.75) is 0 Å². The minimum absolute atomic E-state index is 0. The molecule has 0 saturated heterocycles. The van der Waals surface area contributed by atoms with E-state index in [0.29, 0.717) is 0 Å². The van der Waals surface area contributed by atoms with Crippen molar-refractivity contribution in [1.82, 2.24) is 39.9 Å². The van der Waals surface area contributed by atoms with Crippen molar-refractivity contribution in [3.63, 3.8) is 0 Å². The quantitative estimate of drug-likeness (QED) is 0.132. The predicted octanol–water partition coefficient (Wildman–Crippen LogP) is 21.1. The zero-order valence-electron chi connectivity index (χ0n) is 53.2. The average Bonchev–Trinajstić information content (AvgIpc) is 1.61. The Bertz CT molecular complexity index is 5860. The third-order valence-electron chi connectivity index (χ3n) is 18.2. The van der Waals surface area contributed by atoms with E-state index in [9.17, 15) is 0 Å². The number of benzene rings is 8. The zero-order valence-corrected chi connectivity index (χ0v) is 59.1. The van der Waals surface area contributed by atoms with Gasteiger partial charge in [0.2, 0.25) is 0 Å². The first-order chi connectivity index (χ1) is 47.6. The number of nitrogens with zero attached hydrogens (tertiary/aromatic N) is 8. The molecule has 4 aliphatic rings. The zero-order chi connectivity index (χ0) is 63.5. The molecule has 8 aromatic carbocycles. The molecule has 10 heterocycles. The van der Waals surface area contributed by atoms with E-state index in [1.165, 1.54) is 0 Å². The fourth-order valence-corrected chi connectivity index (χ4v) is 13.9. The van der Waals surface area contributed by atoms with E-state index in [1.54, 1.807) is 0 Å². The summed E-state index contributed by atoms with van der Waals surface area (Å²) < 4.78 is 0. The number of hydrogen-bond acceptors (Lipinski definition) is 4. The van der Waals surface area contributed by atoms with Crippen LogP contribution >= 0.6 is 0 Å². The van der Waals surface area contributed by atoms with Crippen LogP contribution in [0.15, 0.2) is 279 Å². The molecule has 4 aliphatic heterocycles. The Balaban J connectivity index is 0.00000376. The van der Waals surface area contributed by atoms with Gasteiger partial charge in [-0.25, -0.2) is 19.9 Å². The first-order valence-corrected chi connectivity index (χ1v) is 32.2. The number of hydrogen-bond donors (Lipinski definition) is 0. The molecule has 0 radical (unpaired) electrons. The summed E-state index contributed by atoms with van der Waals surface area (Å²) in [5.74, 6) is 0. The van der Waals surface area contributed by atoms with Crippen molar-refractivity contribution >= 4 is 92.7 Å². The van der Waals surface area contributed by atoms with E-state index >= 15 is 0 Å². The average molecular weight is 1350 g/mol. The first kappa shape index (κ1) is 61.1. The molecule has 450 valence electrons. The second-order valence-electron chi connectivity index (χ2n) is 24.1. The summed E-state index contributed by atoms with van der Waals surface area (Å²) >= 11 is 0. The summed E-state index contributed by atoms with van der Waals surface area (Å²) in [5, 5.41) is 0. The maximum Gasteiger partial charge on any atom is 2.00 e. The molecule has 0 N–H and O–H groups in total. The van der Waals surface area contributed by atoms with Crippen LogP contribution in [0.5, 0.6) is 0 Å². The molecule has 0 amide bonds. The molecule has 14 aromatic rings. The fourth-order valence-electron chi connectivity index (χ4n) is 13.9. The molecule has 18 rings (SSSR count). The second kappa shape index (κ2) is 26.1.